The van der Waals surface area contributed by atoms with Crippen LogP contribution in [0.25, 0.3) is 0 Å². The summed E-state index contributed by atoms with van der Waals surface area (Å²) in [5.41, 5.74) is 0. The second-order valence-corrected chi connectivity index (χ2v) is 3.67. The first kappa shape index (κ1) is 11.0. The summed E-state index contributed by atoms with van der Waals surface area (Å²) in [5, 5.41) is 2.91. The van der Waals surface area contributed by atoms with Gasteiger partial charge in [0.2, 0.25) is 0 Å². The Morgan fingerprint density at radius 2 is 2.36 bits per heavy atom. The van der Waals surface area contributed by atoms with E-state index < -0.39 is 6.04 Å². The Morgan fingerprint density at radius 3 is 2.86 bits per heavy atom. The van der Waals surface area contributed by atoms with Crippen molar-refractivity contribution in [3.8, 4) is 0 Å². The van der Waals surface area contributed by atoms with Crippen LogP contribution in [0.5, 0.6) is 0 Å². The second kappa shape index (κ2) is 4.95. The third-order valence-electron chi connectivity index (χ3n) is 1.65. The van der Waals surface area contributed by atoms with E-state index in [1.54, 1.807) is 19.2 Å². The van der Waals surface area contributed by atoms with Crippen molar-refractivity contribution in [3.63, 3.8) is 0 Å². The van der Waals surface area contributed by atoms with E-state index in [2.05, 4.69) is 31.0 Å². The number of esters is 1. The minimum atomic E-state index is -0.395. The maximum atomic E-state index is 11.1. The van der Waals surface area contributed by atoms with Crippen LogP contribution < -0.4 is 5.32 Å². The van der Waals surface area contributed by atoms with E-state index in [1.807, 2.05) is 6.07 Å². The molecule has 0 radical (unpaired) electrons. The lowest BCUT2D eigenvalue weighted by Crippen LogP contribution is -2.27. The number of pyridine rings is 1. The van der Waals surface area contributed by atoms with E-state index in [0.717, 1.165) is 4.47 Å². The number of ether oxygens (including phenoxy) is 1. The molecule has 1 unspecified atom stereocenters. The molecule has 14 heavy (non-hydrogen) atoms. The Balaban J connectivity index is 2.60. The van der Waals surface area contributed by atoms with Gasteiger partial charge in [0.1, 0.15) is 11.9 Å². The van der Waals surface area contributed by atoms with Crippen LogP contribution in [0.3, 0.4) is 0 Å². The van der Waals surface area contributed by atoms with E-state index in [-0.39, 0.29) is 5.97 Å². The Morgan fingerprint density at radius 1 is 1.64 bits per heavy atom. The number of hydrogen-bond acceptors (Lipinski definition) is 4. The first-order valence-corrected chi connectivity index (χ1v) is 4.88. The highest BCUT2D eigenvalue weighted by Gasteiger charge is 2.12. The van der Waals surface area contributed by atoms with Gasteiger partial charge >= 0.3 is 5.97 Å². The number of carbonyl (C=O) groups excluding carboxylic acids is 1. The van der Waals surface area contributed by atoms with Gasteiger partial charge in [-0.25, -0.2) is 9.78 Å². The summed E-state index contributed by atoms with van der Waals surface area (Å²) >= 11 is 3.27. The molecule has 1 rings (SSSR count). The summed E-state index contributed by atoms with van der Waals surface area (Å²) in [5.74, 6) is 0.334. The predicted octanol–water partition coefficient (Wildman–Crippen LogP) is 1.82. The summed E-state index contributed by atoms with van der Waals surface area (Å²) in [6.45, 7) is 1.72. The van der Waals surface area contributed by atoms with Crippen molar-refractivity contribution >= 4 is 27.7 Å². The molecule has 1 aromatic heterocycles. The summed E-state index contributed by atoms with van der Waals surface area (Å²) < 4.78 is 5.47. The van der Waals surface area contributed by atoms with Gasteiger partial charge in [0, 0.05) is 10.7 Å². The predicted molar refractivity (Wildman–Crippen MR) is 57.0 cm³/mol. The van der Waals surface area contributed by atoms with Crippen molar-refractivity contribution in [2.24, 2.45) is 0 Å². The zero-order valence-electron chi connectivity index (χ0n) is 7.95. The Kier molecular flexibility index (Phi) is 3.88. The number of aromatic nitrogens is 1. The fraction of sp³-hybridized carbons (Fsp3) is 0.333. The number of carbonyl (C=O) groups is 1. The molecule has 0 fully saturated rings. The van der Waals surface area contributed by atoms with Gasteiger partial charge in [-0.05, 0) is 35.0 Å². The van der Waals surface area contributed by atoms with Crippen molar-refractivity contribution in [1.29, 1.82) is 0 Å². The molecule has 1 heterocycles. The number of halogens is 1. The fourth-order valence-corrected chi connectivity index (χ4v) is 1.15. The molecule has 0 bridgehead atoms. The number of anilines is 1. The zero-order chi connectivity index (χ0) is 10.6. The third-order valence-corrected chi connectivity index (χ3v) is 2.12. The van der Waals surface area contributed by atoms with Crippen LogP contribution in [-0.4, -0.2) is 24.1 Å². The van der Waals surface area contributed by atoms with Crippen LogP contribution in [0.2, 0.25) is 0 Å². The van der Waals surface area contributed by atoms with Crippen molar-refractivity contribution < 1.29 is 9.53 Å². The lowest BCUT2D eigenvalue weighted by molar-refractivity contribution is -0.141. The Labute approximate surface area is 90.8 Å². The molecule has 0 spiro atoms. The maximum absolute atomic E-state index is 11.1. The van der Waals surface area contributed by atoms with E-state index in [0.29, 0.717) is 5.82 Å². The molecule has 0 amide bonds. The molecular weight excluding hydrogens is 248 g/mol. The van der Waals surface area contributed by atoms with Gasteiger partial charge in [-0.15, -0.1) is 0 Å². The lowest BCUT2D eigenvalue weighted by atomic mass is 10.3. The smallest absolute Gasteiger partial charge is 0.328 e. The lowest BCUT2D eigenvalue weighted by Gasteiger charge is -2.11. The standard InChI is InChI=1S/C9H11BrN2O2/c1-6(9(13)14-2)12-8-4-3-7(10)5-11-8/h3-6H,1-2H3,(H,11,12). The second-order valence-electron chi connectivity index (χ2n) is 2.75. The molecule has 1 N–H and O–H groups in total. The molecular formula is C9H11BrN2O2. The van der Waals surface area contributed by atoms with Gasteiger partial charge in [-0.1, -0.05) is 0 Å². The zero-order valence-corrected chi connectivity index (χ0v) is 9.54. The minimum absolute atomic E-state index is 0.310. The molecule has 0 aliphatic carbocycles. The van der Waals surface area contributed by atoms with Crippen molar-refractivity contribution in [2.45, 2.75) is 13.0 Å². The molecule has 76 valence electrons. The van der Waals surface area contributed by atoms with E-state index in [1.165, 1.54) is 7.11 Å². The molecule has 1 atom stereocenters. The van der Waals surface area contributed by atoms with Gasteiger partial charge in [0.25, 0.3) is 0 Å². The quantitative estimate of drug-likeness (QED) is 0.841. The fourth-order valence-electron chi connectivity index (χ4n) is 0.919. The SMILES string of the molecule is COC(=O)C(C)Nc1ccc(Br)cn1. The van der Waals surface area contributed by atoms with Crippen molar-refractivity contribution in [1.82, 2.24) is 4.98 Å². The average Bonchev–Trinajstić information content (AvgIpc) is 2.20. The minimum Gasteiger partial charge on any atom is -0.467 e. The average molecular weight is 259 g/mol. The summed E-state index contributed by atoms with van der Waals surface area (Å²) in [7, 11) is 1.36. The molecule has 0 aliphatic rings. The number of nitrogens with zero attached hydrogens (tertiary/aromatic N) is 1. The number of nitrogens with one attached hydrogen (secondary N) is 1. The number of hydrogen-bond donors (Lipinski definition) is 1. The normalized spacial score (nSPS) is 11.9. The van der Waals surface area contributed by atoms with Crippen LogP contribution in [-0.2, 0) is 9.53 Å². The van der Waals surface area contributed by atoms with Gasteiger partial charge in [0.15, 0.2) is 0 Å². The van der Waals surface area contributed by atoms with Crippen LogP contribution in [0.4, 0.5) is 5.82 Å². The van der Waals surface area contributed by atoms with Crippen LogP contribution in [0.15, 0.2) is 22.8 Å². The highest BCUT2D eigenvalue weighted by Crippen LogP contribution is 2.11. The highest BCUT2D eigenvalue weighted by molar-refractivity contribution is 9.10. The number of methoxy groups -OCH3 is 1. The summed E-state index contributed by atoms with van der Waals surface area (Å²) in [6.07, 6.45) is 1.66. The van der Waals surface area contributed by atoms with Crippen LogP contribution in [0.1, 0.15) is 6.92 Å². The van der Waals surface area contributed by atoms with Gasteiger partial charge in [-0.2, -0.15) is 0 Å². The Hall–Kier alpha value is -1.10. The Bertz CT molecular complexity index is 313. The molecule has 0 saturated heterocycles. The molecule has 4 nitrogen and oxygen atoms in total. The largest absolute Gasteiger partial charge is 0.467 e. The summed E-state index contributed by atoms with van der Waals surface area (Å²) in [6, 6.07) is 3.23. The van der Waals surface area contributed by atoms with Crippen molar-refractivity contribution in [2.75, 3.05) is 12.4 Å². The summed E-state index contributed by atoms with van der Waals surface area (Å²) in [4.78, 5) is 15.1. The van der Waals surface area contributed by atoms with E-state index in [9.17, 15) is 4.79 Å². The van der Waals surface area contributed by atoms with Gasteiger partial charge in [0.05, 0.1) is 7.11 Å². The first-order valence-electron chi connectivity index (χ1n) is 4.09. The van der Waals surface area contributed by atoms with Gasteiger partial charge < -0.3 is 10.1 Å². The van der Waals surface area contributed by atoms with Crippen molar-refractivity contribution in [3.05, 3.63) is 22.8 Å². The van der Waals surface area contributed by atoms with E-state index in [4.69, 9.17) is 0 Å². The molecule has 0 aliphatic heterocycles. The molecule has 1 aromatic rings. The van der Waals surface area contributed by atoms with E-state index >= 15 is 0 Å². The van der Waals surface area contributed by atoms with Crippen LogP contribution in [0, 0.1) is 0 Å². The maximum Gasteiger partial charge on any atom is 0.328 e. The van der Waals surface area contributed by atoms with Crippen LogP contribution >= 0.6 is 15.9 Å². The molecule has 0 aromatic carbocycles. The third kappa shape index (κ3) is 2.99. The number of rotatable bonds is 3. The van der Waals surface area contributed by atoms with Gasteiger partial charge in [-0.3, -0.25) is 0 Å². The molecule has 0 saturated carbocycles. The molecule has 5 heteroatoms. The highest BCUT2D eigenvalue weighted by atomic mass is 79.9. The monoisotopic (exact) mass is 258 g/mol. The topological polar surface area (TPSA) is 51.2 Å². The first-order chi connectivity index (χ1) is 6.63.